The molecule has 8 nitrogen and oxygen atoms in total. The fourth-order valence-corrected chi connectivity index (χ4v) is 5.47. The van der Waals surface area contributed by atoms with Crippen molar-refractivity contribution in [2.24, 2.45) is 5.92 Å². The molecule has 3 rings (SSSR count). The van der Waals surface area contributed by atoms with Gasteiger partial charge in [0.2, 0.25) is 0 Å². The number of aromatic nitrogens is 2. The van der Waals surface area contributed by atoms with E-state index >= 15 is 0 Å². The summed E-state index contributed by atoms with van der Waals surface area (Å²) in [5.41, 5.74) is 3.88. The van der Waals surface area contributed by atoms with Gasteiger partial charge < -0.3 is 10.1 Å². The van der Waals surface area contributed by atoms with Crippen molar-refractivity contribution in [1.29, 1.82) is 0 Å². The zero-order valence-electron chi connectivity index (χ0n) is 17.3. The number of esters is 1. The number of nitrogens with one attached hydrogen (secondary N) is 1. The molecule has 0 aliphatic carbocycles. The summed E-state index contributed by atoms with van der Waals surface area (Å²) in [6, 6.07) is 10.00. The van der Waals surface area contributed by atoms with Crippen LogP contribution < -0.4 is 5.32 Å². The average molecular weight is 434 g/mol. The summed E-state index contributed by atoms with van der Waals surface area (Å²) in [5, 5.41) is 7.31. The highest BCUT2D eigenvalue weighted by atomic mass is 32.2. The third kappa shape index (κ3) is 5.91. The summed E-state index contributed by atoms with van der Waals surface area (Å²) in [6.07, 6.45) is 0.492. The molecular formula is C21H27N3O5S. The second-order valence-corrected chi connectivity index (χ2v) is 9.93. The topological polar surface area (TPSA) is 107 Å². The van der Waals surface area contributed by atoms with Gasteiger partial charge in [0, 0.05) is 24.2 Å². The van der Waals surface area contributed by atoms with Gasteiger partial charge in [0.1, 0.15) is 0 Å². The smallest absolute Gasteiger partial charge is 0.306 e. The molecule has 0 radical (unpaired) electrons. The molecule has 9 heteroatoms. The molecule has 162 valence electrons. The van der Waals surface area contributed by atoms with E-state index in [2.05, 4.69) is 10.4 Å². The summed E-state index contributed by atoms with van der Waals surface area (Å²) in [5.74, 6) is -1.04. The van der Waals surface area contributed by atoms with Crippen molar-refractivity contribution in [2.75, 3.05) is 18.1 Å². The van der Waals surface area contributed by atoms with E-state index in [9.17, 15) is 18.0 Å². The number of benzene rings is 1. The minimum absolute atomic E-state index is 0.0137. The fourth-order valence-electron chi connectivity index (χ4n) is 3.61. The highest BCUT2D eigenvalue weighted by Crippen LogP contribution is 2.21. The van der Waals surface area contributed by atoms with Gasteiger partial charge in [-0.05, 0) is 31.7 Å². The van der Waals surface area contributed by atoms with Crippen LogP contribution in [0.4, 0.5) is 0 Å². The molecule has 1 fully saturated rings. The Balaban J connectivity index is 1.46. The van der Waals surface area contributed by atoms with Crippen LogP contribution in [0.25, 0.3) is 0 Å². The van der Waals surface area contributed by atoms with Crippen LogP contribution in [-0.4, -0.2) is 48.2 Å². The van der Waals surface area contributed by atoms with Gasteiger partial charge in [0.05, 0.1) is 23.7 Å². The monoisotopic (exact) mass is 433 g/mol. The maximum Gasteiger partial charge on any atom is 0.306 e. The Morgan fingerprint density at radius 1 is 1.23 bits per heavy atom. The van der Waals surface area contributed by atoms with Gasteiger partial charge in [-0.3, -0.25) is 14.3 Å². The lowest BCUT2D eigenvalue weighted by molar-refractivity contribution is -0.149. The molecule has 1 unspecified atom stereocenters. The lowest BCUT2D eigenvalue weighted by atomic mass is 10.1. The SMILES string of the molecule is Cc1nn(Cc2ccccc2)c(C)c1CNC(=O)COC(=O)CC1CCS(=O)(=O)C1. The Morgan fingerprint density at radius 3 is 2.63 bits per heavy atom. The summed E-state index contributed by atoms with van der Waals surface area (Å²) >= 11 is 0. The van der Waals surface area contributed by atoms with Crippen molar-refractivity contribution >= 4 is 21.7 Å². The zero-order chi connectivity index (χ0) is 21.7. The van der Waals surface area contributed by atoms with Crippen LogP contribution in [0.5, 0.6) is 0 Å². The van der Waals surface area contributed by atoms with Crippen LogP contribution in [0.3, 0.4) is 0 Å². The molecule has 1 amide bonds. The van der Waals surface area contributed by atoms with Crippen molar-refractivity contribution in [2.45, 2.75) is 39.8 Å². The highest BCUT2D eigenvalue weighted by Gasteiger charge is 2.30. The van der Waals surface area contributed by atoms with E-state index in [0.29, 0.717) is 19.5 Å². The molecule has 2 heterocycles. The summed E-state index contributed by atoms with van der Waals surface area (Å²) in [7, 11) is -3.03. The maximum absolute atomic E-state index is 12.1. The predicted molar refractivity (Wildman–Crippen MR) is 111 cm³/mol. The van der Waals surface area contributed by atoms with Gasteiger partial charge in [0.15, 0.2) is 16.4 Å². The molecule has 1 atom stereocenters. The number of hydrogen-bond acceptors (Lipinski definition) is 6. The van der Waals surface area contributed by atoms with Crippen molar-refractivity contribution in [3.63, 3.8) is 0 Å². The average Bonchev–Trinajstić information content (AvgIpc) is 3.17. The largest absolute Gasteiger partial charge is 0.456 e. The van der Waals surface area contributed by atoms with Crippen molar-refractivity contribution < 1.29 is 22.7 Å². The van der Waals surface area contributed by atoms with Gasteiger partial charge in [-0.2, -0.15) is 5.10 Å². The molecule has 1 saturated heterocycles. The van der Waals surface area contributed by atoms with E-state index in [1.165, 1.54) is 0 Å². The van der Waals surface area contributed by atoms with Gasteiger partial charge >= 0.3 is 5.97 Å². The first-order valence-corrected chi connectivity index (χ1v) is 11.7. The first kappa shape index (κ1) is 22.0. The third-order valence-corrected chi connectivity index (χ3v) is 7.15. The number of rotatable bonds is 8. The van der Waals surface area contributed by atoms with Crippen LogP contribution >= 0.6 is 0 Å². The van der Waals surface area contributed by atoms with E-state index in [-0.39, 0.29) is 30.5 Å². The summed E-state index contributed by atoms with van der Waals surface area (Å²) < 4.78 is 29.8. The Bertz CT molecular complexity index is 1010. The third-order valence-electron chi connectivity index (χ3n) is 5.32. The van der Waals surface area contributed by atoms with Crippen molar-refractivity contribution in [3.8, 4) is 0 Å². The number of ether oxygens (including phenoxy) is 1. The van der Waals surface area contributed by atoms with Gasteiger partial charge in [-0.25, -0.2) is 8.42 Å². The second kappa shape index (κ2) is 9.42. The van der Waals surface area contributed by atoms with Crippen molar-refractivity contribution in [3.05, 3.63) is 52.8 Å². The van der Waals surface area contributed by atoms with Crippen LogP contribution in [-0.2, 0) is 37.3 Å². The Hall–Kier alpha value is -2.68. The first-order chi connectivity index (χ1) is 14.2. The number of aryl methyl sites for hydroxylation is 1. The molecule has 0 spiro atoms. The molecule has 0 saturated carbocycles. The Labute approximate surface area is 176 Å². The molecule has 1 aromatic carbocycles. The normalized spacial score (nSPS) is 17.6. The first-order valence-electron chi connectivity index (χ1n) is 9.93. The molecule has 1 aromatic heterocycles. The van der Waals surface area contributed by atoms with E-state index in [0.717, 1.165) is 22.5 Å². The van der Waals surface area contributed by atoms with E-state index in [1.54, 1.807) is 0 Å². The number of nitrogens with zero attached hydrogens (tertiary/aromatic N) is 2. The fraction of sp³-hybridized carbons (Fsp3) is 0.476. The van der Waals surface area contributed by atoms with Gasteiger partial charge in [-0.15, -0.1) is 0 Å². The number of sulfone groups is 1. The zero-order valence-corrected chi connectivity index (χ0v) is 18.1. The Morgan fingerprint density at radius 2 is 1.97 bits per heavy atom. The standard InChI is InChI=1S/C21H27N3O5S/c1-15-19(16(2)24(23-15)12-17-6-4-3-5-7-17)11-22-20(25)13-29-21(26)10-18-8-9-30(27,28)14-18/h3-7,18H,8-14H2,1-2H3,(H,22,25). The minimum Gasteiger partial charge on any atom is -0.456 e. The molecule has 1 aliphatic rings. The molecule has 1 N–H and O–H groups in total. The van der Waals surface area contributed by atoms with Crippen LogP contribution in [0, 0.1) is 19.8 Å². The van der Waals surface area contributed by atoms with Crippen LogP contribution in [0.15, 0.2) is 30.3 Å². The van der Waals surface area contributed by atoms with Crippen LogP contribution in [0.2, 0.25) is 0 Å². The van der Waals surface area contributed by atoms with E-state index in [1.807, 2.05) is 48.9 Å². The van der Waals surface area contributed by atoms with Crippen molar-refractivity contribution in [1.82, 2.24) is 15.1 Å². The molecule has 0 bridgehead atoms. The molecule has 30 heavy (non-hydrogen) atoms. The van der Waals surface area contributed by atoms with Gasteiger partial charge in [0.25, 0.3) is 5.91 Å². The van der Waals surface area contributed by atoms with E-state index < -0.39 is 21.7 Å². The number of amides is 1. The summed E-state index contributed by atoms with van der Waals surface area (Å²) in [4.78, 5) is 23.9. The summed E-state index contributed by atoms with van der Waals surface area (Å²) in [6.45, 7) is 4.42. The number of carbonyl (C=O) groups excluding carboxylic acids is 2. The predicted octanol–water partition coefficient (Wildman–Crippen LogP) is 1.53. The molecule has 1 aliphatic heterocycles. The highest BCUT2D eigenvalue weighted by molar-refractivity contribution is 7.91. The lowest BCUT2D eigenvalue weighted by Crippen LogP contribution is -2.29. The molecule has 2 aromatic rings. The Kier molecular flexibility index (Phi) is 6.91. The quantitative estimate of drug-likeness (QED) is 0.633. The second-order valence-electron chi connectivity index (χ2n) is 7.70. The van der Waals surface area contributed by atoms with E-state index in [4.69, 9.17) is 4.74 Å². The number of carbonyl (C=O) groups is 2. The maximum atomic E-state index is 12.1. The van der Waals surface area contributed by atoms with Gasteiger partial charge in [-0.1, -0.05) is 30.3 Å². The minimum atomic E-state index is -3.03. The number of hydrogen-bond donors (Lipinski definition) is 1. The molecular weight excluding hydrogens is 406 g/mol. The van der Waals surface area contributed by atoms with Crippen LogP contribution in [0.1, 0.15) is 35.4 Å². The lowest BCUT2D eigenvalue weighted by Gasteiger charge is -2.09.